The van der Waals surface area contributed by atoms with Crippen molar-refractivity contribution in [3.8, 4) is 104 Å². The number of phenols is 5. The van der Waals surface area contributed by atoms with Gasteiger partial charge >= 0.3 is 0 Å². The van der Waals surface area contributed by atoms with E-state index in [4.69, 9.17) is 104 Å². The fraction of sp³-hybridized carbons (Fsp3) is 0.456. The molecule has 0 aromatic heterocycles. The van der Waals surface area contributed by atoms with E-state index in [1.165, 1.54) is 169 Å². The molecule has 782 valence electrons. The lowest BCUT2D eigenvalue weighted by atomic mass is 9.96. The molecule has 4 saturated carbocycles. The van der Waals surface area contributed by atoms with Crippen LogP contribution in [0.25, 0.3) is 0 Å². The standard InChI is InChI=1S/C17H22BrNO2.2C15H18BrNO2.C11H11BrO3.C10H11BrO3.C9H7BrO3.C7H5BrO3.C7H6O3.C6H13N.C2H4Br2.C2H5I.C2H3NOS.Br2/c1-2-14-12(11-19-13-6-4-3-5-7-13)10-15(18)17-16(14)20-8-9-21-17;2*16-13-8-11(9-14-15(13)19-7-6-18-14)10-17-12-4-2-1-3-5-12;1-2-8-7(6-13)5-9(12)11-10(8)14-3-4-15-11;1-2-6-8(12)5-7(11)10-9(6)13-3-4-14-10;10-7-3-6(5-11)4-8-9(7)13-2-1-12-8;8-5-1-4(3-9)2-6(10)7(5)11;8-4-5-1-2-6(9)7(10)3-5;7-6-4-2-1-3-5-6;3-1-2-4;1-2-3;3-1-2-5-4;1-2/h10-11,13H,2-9H2,1H3;2*8-10,12H,1-7H2;5-6H,2-4H2,1H3;5,12H,2-4H2,1H3;3-5H,1-2H2;1-3,10-11H;1-4,9-10H;6H,1-5,7H2;1-2H2;2H2,1H3;5H,2H2;/i;;;;;;;;;;;5T;. The minimum atomic E-state index is -1.68. The lowest BCUT2D eigenvalue weighted by Gasteiger charge is -2.23. The summed E-state index contributed by atoms with van der Waals surface area (Å²) < 4.78 is 89.2. The molecule has 4 fully saturated rings. The van der Waals surface area contributed by atoms with Gasteiger partial charge in [-0.2, -0.15) is 5.26 Å². The van der Waals surface area contributed by atoms with Gasteiger partial charge < -0.3 is 88.1 Å². The third kappa shape index (κ3) is 43.3. The number of aliphatic imine (C=N–C) groups is 3. The van der Waals surface area contributed by atoms with E-state index >= 15 is 0 Å². The van der Waals surface area contributed by atoms with Crippen molar-refractivity contribution in [2.45, 2.75) is 200 Å². The number of nitrogens with zero attached hydrogens (tertiary/aromatic N) is 4. The van der Waals surface area contributed by atoms with Gasteiger partial charge in [0.25, 0.3) is 0 Å². The van der Waals surface area contributed by atoms with Crippen LogP contribution in [0.4, 0.5) is 0 Å². The van der Waals surface area contributed by atoms with Crippen LogP contribution in [0.5, 0.6) is 97.7 Å². The van der Waals surface area contributed by atoms with Gasteiger partial charge in [-0.3, -0.25) is 38.4 Å². The van der Waals surface area contributed by atoms with Gasteiger partial charge in [0.05, 0.1) is 37.4 Å². The molecule has 27 nitrogen and oxygen atoms in total. The molecular formula is C103H123Br11IN5O22S. The molecule has 4 aliphatic carbocycles. The third-order valence-corrected chi connectivity index (χ3v) is 28.3. The Labute approximate surface area is 947 Å². The quantitative estimate of drug-likeness (QED) is 0.0125. The zero-order chi connectivity index (χ0) is 105. The van der Waals surface area contributed by atoms with Gasteiger partial charge in [0, 0.05) is 138 Å². The van der Waals surface area contributed by atoms with Gasteiger partial charge in [-0.1, -0.05) is 159 Å². The Morgan fingerprint density at radius 1 is 0.378 bits per heavy atom. The summed E-state index contributed by atoms with van der Waals surface area (Å²) >= 11 is 36.2. The number of carbonyl (C=O) groups is 4. The first-order valence-electron chi connectivity index (χ1n) is 47.3. The summed E-state index contributed by atoms with van der Waals surface area (Å²) in [5, 5.41) is 55.0. The summed E-state index contributed by atoms with van der Waals surface area (Å²) in [6.07, 6.45) is 37.2. The van der Waals surface area contributed by atoms with Crippen molar-refractivity contribution in [3.05, 3.63) is 172 Å². The average molecular weight is 2820 g/mol. The van der Waals surface area contributed by atoms with Gasteiger partial charge in [-0.25, -0.2) is 0 Å². The number of rotatable bonds is 15. The first-order chi connectivity index (χ1) is 69.6. The first kappa shape index (κ1) is 124. The van der Waals surface area contributed by atoms with Crippen LogP contribution in [0.2, 0.25) is 0 Å². The molecule has 1 atom stereocenters. The second kappa shape index (κ2) is 72.1. The molecule has 40 heteroatoms. The van der Waals surface area contributed by atoms with Gasteiger partial charge in [-0.15, -0.1) is 0 Å². The number of halogens is 12. The first-order valence-corrected chi connectivity index (χ1v) is 60.9. The molecule has 0 spiro atoms. The smallest absolute Gasteiger partial charge is 0.176 e. The van der Waals surface area contributed by atoms with E-state index in [0.29, 0.717) is 177 Å². The number of benzene rings is 8. The number of ether oxygens (including phenoxy) is 12. The molecule has 6 heterocycles. The summed E-state index contributed by atoms with van der Waals surface area (Å²) in [5.41, 5.74) is 13.8. The number of alkyl halides is 3. The van der Waals surface area contributed by atoms with Gasteiger partial charge in [-0.05, 0) is 283 Å². The topological polar surface area (TPSA) is 384 Å². The Hall–Kier alpha value is -6.34. The summed E-state index contributed by atoms with van der Waals surface area (Å²) in [6, 6.07) is 27.1. The van der Waals surface area contributed by atoms with Crippen LogP contribution < -0.4 is 62.6 Å². The van der Waals surface area contributed by atoms with Crippen molar-refractivity contribution in [2.24, 2.45) is 20.7 Å². The second-order valence-electron chi connectivity index (χ2n) is 32.2. The number of nitrogens with two attached hydrogens (primary N) is 1. The predicted molar refractivity (Wildman–Crippen MR) is 614 cm³/mol. The number of hydrogen-bond donors (Lipinski definition) is 7. The maximum Gasteiger partial charge on any atom is 0.176 e. The minimum absolute atomic E-state index is 0.181. The average Bonchev–Trinajstić information content (AvgIpc) is 0.793. The van der Waals surface area contributed by atoms with Crippen molar-refractivity contribution in [1.29, 1.82) is 6.39 Å². The van der Waals surface area contributed by atoms with Crippen LogP contribution >= 0.6 is 194 Å². The number of nitriles is 1. The molecule has 10 aliphatic rings. The minimum Gasteiger partial charge on any atom is -0.507 e. The number of aromatic hydroxyl groups is 5. The highest BCUT2D eigenvalue weighted by Crippen LogP contribution is 2.48. The Balaban J connectivity index is 0.000000246. The third-order valence-electron chi connectivity index (χ3n) is 22.0. The van der Waals surface area contributed by atoms with Crippen LogP contribution in [0.15, 0.2) is 131 Å². The van der Waals surface area contributed by atoms with Crippen LogP contribution in [-0.4, -0.2) is 199 Å². The molecule has 8 aromatic rings. The molecule has 0 radical (unpaired) electrons. The van der Waals surface area contributed by atoms with Crippen molar-refractivity contribution in [2.75, 3.05) is 100 Å². The molecule has 1 unspecified atom stereocenters. The highest BCUT2D eigenvalue weighted by atomic mass is 127. The second-order valence-corrected chi connectivity index (χ2v) is 41.8. The van der Waals surface area contributed by atoms with Crippen molar-refractivity contribution in [1.82, 2.24) is 0 Å². The Bertz CT molecular complexity index is 5360. The van der Waals surface area contributed by atoms with E-state index in [0.717, 1.165) is 132 Å². The van der Waals surface area contributed by atoms with Gasteiger partial charge in [0.2, 0.25) is 0 Å². The normalized spacial score (nSPS) is 15.7. The lowest BCUT2D eigenvalue weighted by molar-refractivity contribution is 0.111. The lowest BCUT2D eigenvalue weighted by Crippen LogP contribution is -2.22. The molecule has 8 aromatic carbocycles. The van der Waals surface area contributed by atoms with Gasteiger partial charge in [0.15, 0.2) is 98.3 Å². The summed E-state index contributed by atoms with van der Waals surface area (Å²) in [6.45, 7) is 15.2. The number of carbonyl (C=O) groups excluding carboxylic acids is 4. The fourth-order valence-corrected chi connectivity index (χ4v) is 19.1. The van der Waals surface area contributed by atoms with Crippen LogP contribution in [0, 0.1) is 11.3 Å². The molecule has 143 heavy (non-hydrogen) atoms. The summed E-state index contributed by atoms with van der Waals surface area (Å²) in [7, 11) is 0. The van der Waals surface area contributed by atoms with Crippen LogP contribution in [-0.2, 0) is 30.8 Å². The van der Waals surface area contributed by atoms with Crippen molar-refractivity contribution < 1.29 is 106 Å². The van der Waals surface area contributed by atoms with Crippen LogP contribution in [0.3, 0.4) is 0 Å². The largest absolute Gasteiger partial charge is 0.507 e. The summed E-state index contributed by atoms with van der Waals surface area (Å²) in [5.74, 6) is 8.09. The zero-order valence-corrected chi connectivity index (χ0v) is 100. The summed E-state index contributed by atoms with van der Waals surface area (Å²) in [4.78, 5) is 55.9. The molecule has 7 N–H and O–H groups in total. The molecule has 0 saturated heterocycles. The number of hydrogen-bond acceptors (Lipinski definition) is 27. The van der Waals surface area contributed by atoms with E-state index < -0.39 is 11.6 Å². The molecule has 18 rings (SSSR count). The molecule has 0 amide bonds. The number of thiol groups is 1. The number of fused-ring (bicyclic) bond motifs is 6. The van der Waals surface area contributed by atoms with E-state index in [1.54, 1.807) is 30.3 Å². The highest BCUT2D eigenvalue weighted by Gasteiger charge is 2.27. The van der Waals surface area contributed by atoms with E-state index in [-0.39, 0.29) is 34.5 Å². The maximum atomic E-state index is 10.9. The Kier molecular flexibility index (Phi) is 62.3. The fourth-order valence-electron chi connectivity index (χ4n) is 15.3. The van der Waals surface area contributed by atoms with Crippen molar-refractivity contribution >= 4 is 250 Å². The Morgan fingerprint density at radius 3 is 1.02 bits per heavy atom. The van der Waals surface area contributed by atoms with Crippen molar-refractivity contribution in [3.63, 3.8) is 0 Å². The maximum absolute atomic E-state index is 10.9. The van der Waals surface area contributed by atoms with Crippen LogP contribution in [0.1, 0.15) is 231 Å². The molecule has 6 aliphatic heterocycles. The molecular weight excluding hydrogens is 2700 g/mol. The predicted octanol–water partition coefficient (Wildman–Crippen LogP) is 27.8. The SMILES string of the molecule is BrBr.BrCCBr.Brc1cc(C=NC2CCCCC2)cc2c1OCCO2.Brc1cc(C=NC2CCCCC2)cc2c1OCCO2.CCI.CCc1c(C=NC2CCCCC2)cc(Br)c2c1OCCO2.CCc1c(C=O)cc(Br)c2c1OCCO2.CCc1c(O)cc(Br)c2c1OCCO2.NC1CCCCC1.O=Cc1cc(Br)c2c(c1)OCCO2.O=Cc1cc(O)c(O)c(Br)c1.O=Cc1ccc(O)c(O)c1.[3H]S(=O)CC#N. The Morgan fingerprint density at radius 2 is 0.685 bits per heavy atom. The molecule has 0 bridgehead atoms. The highest BCUT2D eigenvalue weighted by molar-refractivity contribution is 14.1. The zero-order valence-electron chi connectivity index (χ0n) is 81.0. The monoisotopic (exact) mass is 2810 g/mol. The van der Waals surface area contributed by atoms with E-state index in [9.17, 15) is 28.5 Å². The van der Waals surface area contributed by atoms with E-state index in [1.807, 2.05) is 56.8 Å². The number of aldehydes is 4. The van der Waals surface area contributed by atoms with Gasteiger partial charge in [0.1, 0.15) is 111 Å². The number of phenolic OH excluding ortho intramolecular Hbond substituents is 5. The van der Waals surface area contributed by atoms with E-state index in [2.05, 4.69) is 214 Å².